The van der Waals surface area contributed by atoms with Crippen LogP contribution in [0.25, 0.3) is 0 Å². The lowest BCUT2D eigenvalue weighted by molar-refractivity contribution is -0.146. The standard InChI is InChI=1S/C17H31N3O4/c1-17(2,3)23-16(22)20-9-5-6-13(12-20)15(21)18-24-14-7-10-19(4)11-8-14/h13-14H,5-12H2,1-4H3,(H,18,21)/t13-/m1/s1. The highest BCUT2D eigenvalue weighted by atomic mass is 16.7. The van der Waals surface area contributed by atoms with Crippen LogP contribution >= 0.6 is 0 Å². The van der Waals surface area contributed by atoms with Crippen LogP contribution < -0.4 is 5.48 Å². The summed E-state index contributed by atoms with van der Waals surface area (Å²) in [6.07, 6.45) is 3.14. The SMILES string of the molecule is CN1CCC(ONC(=O)[C@@H]2CCCN(C(=O)OC(C)(C)C)C2)CC1. The summed E-state index contributed by atoms with van der Waals surface area (Å²) < 4.78 is 5.39. The number of nitrogens with one attached hydrogen (secondary N) is 1. The van der Waals surface area contributed by atoms with Crippen LogP contribution in [0.15, 0.2) is 0 Å². The van der Waals surface area contributed by atoms with Crippen molar-refractivity contribution in [1.82, 2.24) is 15.3 Å². The third kappa shape index (κ3) is 5.94. The molecule has 0 spiro atoms. The maximum absolute atomic E-state index is 12.3. The van der Waals surface area contributed by atoms with Gasteiger partial charge in [0.25, 0.3) is 0 Å². The molecule has 0 unspecified atom stereocenters. The minimum Gasteiger partial charge on any atom is -0.444 e. The Morgan fingerprint density at radius 1 is 1.08 bits per heavy atom. The van der Waals surface area contributed by atoms with E-state index in [0.29, 0.717) is 13.1 Å². The molecule has 0 aromatic rings. The van der Waals surface area contributed by atoms with Crippen LogP contribution in [-0.4, -0.2) is 66.7 Å². The molecule has 1 atom stereocenters. The molecule has 2 aliphatic rings. The average Bonchev–Trinajstić information content (AvgIpc) is 2.52. The molecular formula is C17H31N3O4. The van der Waals surface area contributed by atoms with Crippen molar-refractivity contribution >= 4 is 12.0 Å². The molecule has 0 radical (unpaired) electrons. The molecule has 2 saturated heterocycles. The number of nitrogens with zero attached hydrogens (tertiary/aromatic N) is 2. The second kappa shape index (κ2) is 8.16. The van der Waals surface area contributed by atoms with Crippen molar-refractivity contribution in [2.45, 2.75) is 58.2 Å². The fraction of sp³-hybridized carbons (Fsp3) is 0.882. The molecule has 2 rings (SSSR count). The van der Waals surface area contributed by atoms with Gasteiger partial charge in [-0.05, 0) is 53.5 Å². The third-order valence-electron chi connectivity index (χ3n) is 4.44. The van der Waals surface area contributed by atoms with Crippen LogP contribution in [0, 0.1) is 5.92 Å². The number of carbonyl (C=O) groups excluding carboxylic acids is 2. The first-order chi connectivity index (χ1) is 11.2. The first-order valence-corrected chi connectivity index (χ1v) is 8.86. The van der Waals surface area contributed by atoms with E-state index in [4.69, 9.17) is 9.57 Å². The van der Waals surface area contributed by atoms with Gasteiger partial charge in [-0.2, -0.15) is 0 Å². The molecule has 2 heterocycles. The second-order valence-electron chi connectivity index (χ2n) is 7.85. The quantitative estimate of drug-likeness (QED) is 0.792. The molecule has 0 aliphatic carbocycles. The molecule has 7 heteroatoms. The summed E-state index contributed by atoms with van der Waals surface area (Å²) in [7, 11) is 2.09. The Kier molecular flexibility index (Phi) is 6.46. The fourth-order valence-electron chi connectivity index (χ4n) is 3.01. The smallest absolute Gasteiger partial charge is 0.410 e. The number of likely N-dealkylation sites (tertiary alicyclic amines) is 2. The lowest BCUT2D eigenvalue weighted by Gasteiger charge is -2.34. The molecule has 138 valence electrons. The Bertz CT molecular complexity index is 442. The molecule has 2 amide bonds. The van der Waals surface area contributed by atoms with Crippen molar-refractivity contribution in [1.29, 1.82) is 0 Å². The largest absolute Gasteiger partial charge is 0.444 e. The second-order valence-corrected chi connectivity index (χ2v) is 7.85. The van der Waals surface area contributed by atoms with Gasteiger partial charge in [-0.25, -0.2) is 10.3 Å². The Hall–Kier alpha value is -1.34. The molecule has 2 aliphatic heterocycles. The number of hydroxylamine groups is 1. The number of hydrogen-bond acceptors (Lipinski definition) is 5. The maximum atomic E-state index is 12.3. The van der Waals surface area contributed by atoms with Gasteiger partial charge in [-0.3, -0.25) is 9.63 Å². The molecule has 0 bridgehead atoms. The maximum Gasteiger partial charge on any atom is 0.410 e. The molecule has 1 N–H and O–H groups in total. The average molecular weight is 341 g/mol. The van der Waals surface area contributed by atoms with Crippen LogP contribution in [0.1, 0.15) is 46.5 Å². The molecule has 24 heavy (non-hydrogen) atoms. The van der Waals surface area contributed by atoms with E-state index in [1.807, 2.05) is 20.8 Å². The Labute approximate surface area is 144 Å². The van der Waals surface area contributed by atoms with Crippen LogP contribution in [0.4, 0.5) is 4.79 Å². The van der Waals surface area contributed by atoms with Gasteiger partial charge in [0.05, 0.1) is 12.0 Å². The van der Waals surface area contributed by atoms with Gasteiger partial charge in [-0.1, -0.05) is 0 Å². The van der Waals surface area contributed by atoms with Crippen LogP contribution in [0.5, 0.6) is 0 Å². The van der Waals surface area contributed by atoms with Crippen molar-refractivity contribution in [3.8, 4) is 0 Å². The molecule has 0 aromatic heterocycles. The van der Waals surface area contributed by atoms with Gasteiger partial charge in [0.2, 0.25) is 5.91 Å². The Morgan fingerprint density at radius 3 is 2.38 bits per heavy atom. The predicted molar refractivity (Wildman–Crippen MR) is 90.3 cm³/mol. The fourth-order valence-corrected chi connectivity index (χ4v) is 3.01. The van der Waals surface area contributed by atoms with E-state index in [2.05, 4.69) is 17.4 Å². The monoisotopic (exact) mass is 341 g/mol. The summed E-state index contributed by atoms with van der Waals surface area (Å²) >= 11 is 0. The van der Waals surface area contributed by atoms with Gasteiger partial charge >= 0.3 is 6.09 Å². The lowest BCUT2D eigenvalue weighted by atomic mass is 9.98. The zero-order valence-corrected chi connectivity index (χ0v) is 15.3. The topological polar surface area (TPSA) is 71.1 Å². The van der Waals surface area contributed by atoms with Gasteiger partial charge in [-0.15, -0.1) is 0 Å². The zero-order valence-electron chi connectivity index (χ0n) is 15.3. The van der Waals surface area contributed by atoms with E-state index in [1.54, 1.807) is 4.90 Å². The van der Waals surface area contributed by atoms with E-state index >= 15 is 0 Å². The van der Waals surface area contributed by atoms with Crippen LogP contribution in [0.2, 0.25) is 0 Å². The predicted octanol–water partition coefficient (Wildman–Crippen LogP) is 1.78. The van der Waals surface area contributed by atoms with Crippen LogP contribution in [0.3, 0.4) is 0 Å². The zero-order chi connectivity index (χ0) is 17.7. The van der Waals surface area contributed by atoms with Crippen molar-refractivity contribution in [3.63, 3.8) is 0 Å². The number of hydrogen-bond donors (Lipinski definition) is 1. The number of ether oxygens (including phenoxy) is 1. The highest BCUT2D eigenvalue weighted by molar-refractivity contribution is 5.79. The summed E-state index contributed by atoms with van der Waals surface area (Å²) in [6.45, 7) is 8.51. The first-order valence-electron chi connectivity index (χ1n) is 8.86. The van der Waals surface area contributed by atoms with Gasteiger partial charge < -0.3 is 14.5 Å². The summed E-state index contributed by atoms with van der Waals surface area (Å²) in [5, 5.41) is 0. The normalized spacial score (nSPS) is 23.8. The first kappa shape index (κ1) is 19.0. The molecule has 7 nitrogen and oxygen atoms in total. The molecule has 0 aromatic carbocycles. The molecule has 0 saturated carbocycles. The number of amides is 2. The van der Waals surface area contributed by atoms with E-state index in [1.165, 1.54) is 0 Å². The lowest BCUT2D eigenvalue weighted by Crippen LogP contribution is -2.48. The third-order valence-corrected chi connectivity index (χ3v) is 4.44. The number of carbonyl (C=O) groups is 2. The van der Waals surface area contributed by atoms with Crippen molar-refractivity contribution in [2.75, 3.05) is 33.2 Å². The summed E-state index contributed by atoms with van der Waals surface area (Å²) in [4.78, 5) is 33.9. The number of rotatable bonds is 3. The summed E-state index contributed by atoms with van der Waals surface area (Å²) in [5.74, 6) is -0.375. The summed E-state index contributed by atoms with van der Waals surface area (Å²) in [5.41, 5.74) is 2.08. The molecular weight excluding hydrogens is 310 g/mol. The van der Waals surface area contributed by atoms with Gasteiger partial charge in [0.15, 0.2) is 0 Å². The Morgan fingerprint density at radius 2 is 1.75 bits per heavy atom. The van der Waals surface area contributed by atoms with Gasteiger partial charge in [0, 0.05) is 26.2 Å². The summed E-state index contributed by atoms with van der Waals surface area (Å²) in [6, 6.07) is 0. The van der Waals surface area contributed by atoms with E-state index < -0.39 is 5.60 Å². The minimum absolute atomic E-state index is 0.0794. The van der Waals surface area contributed by atoms with Crippen LogP contribution in [-0.2, 0) is 14.4 Å². The highest BCUT2D eigenvalue weighted by Gasteiger charge is 2.31. The highest BCUT2D eigenvalue weighted by Crippen LogP contribution is 2.20. The molecule has 2 fully saturated rings. The van der Waals surface area contributed by atoms with Crippen molar-refractivity contribution < 1.29 is 19.2 Å². The van der Waals surface area contributed by atoms with E-state index in [-0.39, 0.29) is 24.0 Å². The van der Waals surface area contributed by atoms with E-state index in [0.717, 1.165) is 38.8 Å². The minimum atomic E-state index is -0.524. The number of piperidine rings is 2. The van der Waals surface area contributed by atoms with Gasteiger partial charge in [0.1, 0.15) is 5.60 Å². The van der Waals surface area contributed by atoms with Crippen molar-refractivity contribution in [2.24, 2.45) is 5.92 Å². The van der Waals surface area contributed by atoms with Crippen molar-refractivity contribution in [3.05, 3.63) is 0 Å². The Balaban J connectivity index is 1.76. The van der Waals surface area contributed by atoms with E-state index in [9.17, 15) is 9.59 Å².